The summed E-state index contributed by atoms with van der Waals surface area (Å²) in [5, 5.41) is -3.19. The van der Waals surface area contributed by atoms with Crippen LogP contribution in [0.4, 0.5) is 0 Å². The molecule has 1 aliphatic carbocycles. The summed E-state index contributed by atoms with van der Waals surface area (Å²) in [5.41, 5.74) is -3.75. The van der Waals surface area contributed by atoms with Crippen LogP contribution in [-0.4, -0.2) is 29.3 Å². The highest BCUT2D eigenvalue weighted by molar-refractivity contribution is 8.00. The van der Waals surface area contributed by atoms with Crippen molar-refractivity contribution in [2.24, 2.45) is 0 Å². The van der Waals surface area contributed by atoms with E-state index in [-0.39, 0.29) is 10.5 Å². The van der Waals surface area contributed by atoms with Gasteiger partial charge in [0.2, 0.25) is 5.95 Å². The van der Waals surface area contributed by atoms with E-state index in [1.807, 2.05) is 0 Å². The first-order chi connectivity index (χ1) is 36.5. The predicted molar refractivity (Wildman–Crippen MR) is 209 cm³/mol. The molecule has 0 bridgehead atoms. The van der Waals surface area contributed by atoms with Crippen LogP contribution in [0.3, 0.4) is 0 Å². The number of nitrogens with zero attached hydrogens (tertiary/aromatic N) is 5. The van der Waals surface area contributed by atoms with Crippen molar-refractivity contribution in [3.8, 4) is 23.0 Å². The lowest BCUT2D eigenvalue weighted by Gasteiger charge is -2.31. The smallest absolute Gasteiger partial charge is 0.238 e. The summed E-state index contributed by atoms with van der Waals surface area (Å²) in [6.45, 7) is 0. The minimum Gasteiger partial charge on any atom is -0.307 e. The summed E-state index contributed by atoms with van der Waals surface area (Å²) >= 11 is 0.874. The van der Waals surface area contributed by atoms with E-state index in [9.17, 15) is 15.1 Å². The maximum atomic E-state index is 9.82. The molecule has 1 saturated carbocycles. The topological polar surface area (TPSA) is 48.5 Å². The Morgan fingerprint density at radius 3 is 1.98 bits per heavy atom. The van der Waals surface area contributed by atoms with Gasteiger partial charge in [0.15, 0.2) is 5.82 Å². The summed E-state index contributed by atoms with van der Waals surface area (Å²) in [6, 6.07) is -19.6. The van der Waals surface area contributed by atoms with Crippen LogP contribution in [-0.2, 0) is 0 Å². The Balaban J connectivity index is 1.37. The van der Waals surface area contributed by atoms with Gasteiger partial charge in [0.05, 0.1) is 55.0 Å². The number of benzene rings is 6. The molecule has 3 aromatic heterocycles. The molecule has 1 fully saturated rings. The summed E-state index contributed by atoms with van der Waals surface area (Å²) in [7, 11) is 0. The van der Waals surface area contributed by atoms with Crippen LogP contribution in [0.15, 0.2) is 150 Å². The highest BCUT2D eigenvalue weighted by Crippen LogP contribution is 2.54. The summed E-state index contributed by atoms with van der Waals surface area (Å²) in [6.07, 6.45) is -4.94. The standard InChI is InChI=1S/C45H33N5S/c1-3-13-28(14-4-1)43-46-44(29-23-24-34-33-19-9-12-22-39(33)51-40(34)27-29)48-45(47-43)50-38-21-11-8-18-32(38)36-26-25-35-31-17-7-10-20-37(31)49(41(35)42(36)50)30-15-5-2-6-16-30/h1-22,25-26,29,34,40H,23-24,27H2/i1D,2D,3D,4D,5D,6D,7D,8D,9D,10D,11D,12D,13D,14D,15D,16D,17D,18D,19D,20D,21D,22D,23D,24D,25D,26D,27D. The molecule has 0 N–H and O–H groups in total. The molecule has 6 heteroatoms. The van der Waals surface area contributed by atoms with Gasteiger partial charge in [-0.2, -0.15) is 9.97 Å². The fraction of sp³-hybridized carbons (Fsp3) is 0.133. The molecule has 2 aliphatic rings. The molecule has 1 aliphatic heterocycles. The Morgan fingerprint density at radius 2 is 1.22 bits per heavy atom. The molecule has 0 spiro atoms. The third-order valence-corrected chi connectivity index (χ3v) is 10.1. The number of thioether (sulfide) groups is 1. The Bertz CT molecular complexity index is 4230. The molecule has 0 saturated heterocycles. The Morgan fingerprint density at radius 1 is 0.588 bits per heavy atom. The van der Waals surface area contributed by atoms with E-state index in [4.69, 9.17) is 26.9 Å². The molecule has 5 nitrogen and oxygen atoms in total. The van der Waals surface area contributed by atoms with E-state index < -0.39 is 254 Å². The third kappa shape index (κ3) is 4.46. The summed E-state index contributed by atoms with van der Waals surface area (Å²) in [4.78, 5) is 14.0. The molecule has 6 atom stereocenters. The van der Waals surface area contributed by atoms with Crippen LogP contribution >= 0.6 is 11.8 Å². The summed E-state index contributed by atoms with van der Waals surface area (Å²) in [5.74, 6) is -4.95. The van der Waals surface area contributed by atoms with Crippen LogP contribution in [0.25, 0.3) is 66.6 Å². The van der Waals surface area contributed by atoms with Gasteiger partial charge in [0.1, 0.15) is 5.82 Å². The second-order valence-electron chi connectivity index (χ2n) is 11.6. The first-order valence-electron chi connectivity index (χ1n) is 29.2. The van der Waals surface area contributed by atoms with E-state index >= 15 is 0 Å². The number of aromatic nitrogens is 5. The van der Waals surface area contributed by atoms with Crippen LogP contribution < -0.4 is 0 Å². The molecule has 6 aromatic carbocycles. The highest BCUT2D eigenvalue weighted by atomic mass is 32.2. The SMILES string of the molecule is [2H]c1c([2H])c([2H])c(-c2nc(C3C([2H])C([2H])C4c5c([2H])c([2H])c([2H])c([2H])c5SC4C3[2H])nc(-n3c4c([2H])c([2H])c([2H])c([2H])c4c4c([2H])c([2H])c5c6c([2H])c([2H])c([2H])c([2H])c6n(-c6c([2H])c([2H])c([2H])c([2H])c6[2H])c5c43)n2)c([2H])c1[2H]. The van der Waals surface area contributed by atoms with Gasteiger partial charge in [-0.25, -0.2) is 4.98 Å². The predicted octanol–water partition coefficient (Wildman–Crippen LogP) is 11.3. The average Bonchev–Trinajstić information content (AvgIpc) is 4.33. The van der Waals surface area contributed by atoms with E-state index in [0.717, 1.165) is 20.9 Å². The van der Waals surface area contributed by atoms with Crippen molar-refractivity contribution in [2.45, 2.75) is 41.2 Å². The van der Waals surface area contributed by atoms with Gasteiger partial charge in [-0.15, -0.1) is 11.8 Å². The molecule has 6 unspecified atom stereocenters. The minimum atomic E-state index is -1.76. The zero-order valence-electron chi connectivity index (χ0n) is 52.6. The second kappa shape index (κ2) is 11.4. The van der Waals surface area contributed by atoms with Crippen LogP contribution in [0.5, 0.6) is 0 Å². The van der Waals surface area contributed by atoms with Crippen molar-refractivity contribution in [2.75, 3.05) is 0 Å². The van der Waals surface area contributed by atoms with Gasteiger partial charge in [0, 0.05) is 53.0 Å². The Labute approximate surface area is 337 Å². The molecule has 244 valence electrons. The Kier molecular flexibility index (Phi) is 2.93. The van der Waals surface area contributed by atoms with Crippen LogP contribution in [0, 0.1) is 0 Å². The van der Waals surface area contributed by atoms with E-state index in [1.165, 1.54) is 0 Å². The maximum Gasteiger partial charge on any atom is 0.238 e. The van der Waals surface area contributed by atoms with Gasteiger partial charge < -0.3 is 4.57 Å². The first-order valence-corrected chi connectivity index (χ1v) is 16.3. The van der Waals surface area contributed by atoms with E-state index in [2.05, 4.69) is 9.97 Å². The number of para-hydroxylation sites is 3. The second-order valence-corrected chi connectivity index (χ2v) is 12.7. The van der Waals surface area contributed by atoms with Gasteiger partial charge in [-0.05, 0) is 60.9 Å². The fourth-order valence-electron chi connectivity index (χ4n) is 6.75. The van der Waals surface area contributed by atoms with Crippen molar-refractivity contribution < 1.29 is 37.0 Å². The van der Waals surface area contributed by atoms with Crippen molar-refractivity contribution >= 4 is 55.4 Å². The largest absolute Gasteiger partial charge is 0.307 e. The summed E-state index contributed by atoms with van der Waals surface area (Å²) < 4.78 is 244. The van der Waals surface area contributed by atoms with E-state index in [0.29, 0.717) is 0 Å². The van der Waals surface area contributed by atoms with Crippen LogP contribution in [0.2, 0.25) is 0 Å². The van der Waals surface area contributed by atoms with Gasteiger partial charge in [0.25, 0.3) is 0 Å². The molecule has 11 rings (SSSR count). The lowest BCUT2D eigenvalue weighted by molar-refractivity contribution is 0.399. The van der Waals surface area contributed by atoms with Crippen molar-refractivity contribution in [1.82, 2.24) is 24.1 Å². The average molecular weight is 703 g/mol. The molecule has 0 radical (unpaired) electrons. The molecule has 9 aromatic rings. The molecule has 51 heavy (non-hydrogen) atoms. The number of hydrogen-bond donors (Lipinski definition) is 0. The maximum absolute atomic E-state index is 9.82. The van der Waals surface area contributed by atoms with Crippen LogP contribution in [0.1, 0.15) is 79.4 Å². The molecule has 0 amide bonds. The quantitative estimate of drug-likeness (QED) is 0.183. The van der Waals surface area contributed by atoms with Crippen molar-refractivity contribution in [3.63, 3.8) is 0 Å². The molecular formula is C45H33N5S. The highest BCUT2D eigenvalue weighted by Gasteiger charge is 2.39. The zero-order chi connectivity index (χ0) is 57.0. The molecular weight excluding hydrogens is 643 g/mol. The lowest BCUT2D eigenvalue weighted by Crippen LogP contribution is -2.23. The monoisotopic (exact) mass is 702 g/mol. The van der Waals surface area contributed by atoms with E-state index in [1.54, 1.807) is 0 Å². The number of rotatable bonds is 4. The lowest BCUT2D eigenvalue weighted by atomic mass is 9.78. The first kappa shape index (κ1) is 13.1. The molecule has 4 heterocycles. The minimum absolute atomic E-state index is 0.0275. The van der Waals surface area contributed by atoms with Gasteiger partial charge in [-0.1, -0.05) is 115 Å². The Hall–Kier alpha value is -5.72. The fourth-order valence-corrected chi connectivity index (χ4v) is 8.07. The zero-order valence-corrected chi connectivity index (χ0v) is 26.4. The normalized spacial score (nSPS) is 30.2. The van der Waals surface area contributed by atoms with Crippen molar-refractivity contribution in [1.29, 1.82) is 0 Å². The van der Waals surface area contributed by atoms with Gasteiger partial charge in [-0.3, -0.25) is 4.57 Å². The number of fused-ring (bicyclic) bond motifs is 10. The van der Waals surface area contributed by atoms with Crippen molar-refractivity contribution in [3.05, 3.63) is 156 Å². The third-order valence-electron chi connectivity index (χ3n) is 8.86. The number of hydrogen-bond acceptors (Lipinski definition) is 4. The van der Waals surface area contributed by atoms with Gasteiger partial charge >= 0.3 is 0 Å².